The fourth-order valence-electron chi connectivity index (χ4n) is 2.80. The van der Waals surface area contributed by atoms with Crippen molar-refractivity contribution in [1.82, 2.24) is 19.8 Å². The fourth-order valence-corrected chi connectivity index (χ4v) is 2.80. The average Bonchev–Trinajstić information content (AvgIpc) is 3.31. The van der Waals surface area contributed by atoms with E-state index in [1.807, 2.05) is 37.6 Å². The van der Waals surface area contributed by atoms with Crippen LogP contribution in [0.15, 0.2) is 33.3 Å². The minimum Gasteiger partial charge on any atom is -0.456 e. The van der Waals surface area contributed by atoms with Gasteiger partial charge in [0.1, 0.15) is 11.5 Å². The van der Waals surface area contributed by atoms with Gasteiger partial charge in [-0.25, -0.2) is 0 Å². The van der Waals surface area contributed by atoms with Crippen molar-refractivity contribution >= 4 is 5.91 Å². The third kappa shape index (κ3) is 3.50. The van der Waals surface area contributed by atoms with Crippen molar-refractivity contribution < 1.29 is 13.7 Å². The molecule has 0 aliphatic rings. The fraction of sp³-hybridized carbons (Fsp3) is 0.389. The summed E-state index contributed by atoms with van der Waals surface area (Å²) in [5.41, 5.74) is 2.82. The number of hydrogen-bond acceptors (Lipinski definition) is 5. The van der Waals surface area contributed by atoms with Crippen LogP contribution in [0.1, 0.15) is 46.0 Å². The van der Waals surface area contributed by atoms with Crippen LogP contribution in [0.2, 0.25) is 0 Å². The van der Waals surface area contributed by atoms with Gasteiger partial charge in [0.05, 0.1) is 17.9 Å². The second-order valence-electron chi connectivity index (χ2n) is 6.04. The highest BCUT2D eigenvalue weighted by Gasteiger charge is 2.19. The molecule has 3 heterocycles. The lowest BCUT2D eigenvalue weighted by molar-refractivity contribution is 0.0748. The second kappa shape index (κ2) is 6.96. The largest absolute Gasteiger partial charge is 0.456 e. The quantitative estimate of drug-likeness (QED) is 0.688. The molecule has 132 valence electrons. The number of carbonyl (C=O) groups is 1. The number of aryl methyl sites for hydroxylation is 3. The van der Waals surface area contributed by atoms with Gasteiger partial charge in [-0.15, -0.1) is 0 Å². The topological polar surface area (TPSA) is 77.3 Å². The van der Waals surface area contributed by atoms with E-state index in [1.54, 1.807) is 24.2 Å². The van der Waals surface area contributed by atoms with Gasteiger partial charge in [0.25, 0.3) is 5.91 Å². The van der Waals surface area contributed by atoms with E-state index >= 15 is 0 Å². The molecule has 0 N–H and O–H groups in total. The molecular weight excluding hydrogens is 320 g/mol. The zero-order valence-electron chi connectivity index (χ0n) is 14.9. The van der Waals surface area contributed by atoms with Crippen molar-refractivity contribution in [2.75, 3.05) is 7.05 Å². The Morgan fingerprint density at radius 2 is 2.08 bits per heavy atom. The molecule has 25 heavy (non-hydrogen) atoms. The molecular formula is C18H22N4O3. The van der Waals surface area contributed by atoms with Crippen LogP contribution >= 0.6 is 0 Å². The highest BCUT2D eigenvalue weighted by Crippen LogP contribution is 2.20. The summed E-state index contributed by atoms with van der Waals surface area (Å²) in [5, 5.41) is 8.16. The Morgan fingerprint density at radius 3 is 2.76 bits per heavy atom. The van der Waals surface area contributed by atoms with Crippen LogP contribution in [0.25, 0.3) is 0 Å². The molecule has 0 fully saturated rings. The summed E-state index contributed by atoms with van der Waals surface area (Å²) in [6, 6.07) is 5.45. The summed E-state index contributed by atoms with van der Waals surface area (Å²) < 4.78 is 12.8. The molecule has 0 aliphatic heterocycles. The normalized spacial score (nSPS) is 11.0. The Labute approximate surface area is 146 Å². The maximum atomic E-state index is 12.6. The molecule has 0 unspecified atom stereocenters. The first-order valence-electron chi connectivity index (χ1n) is 8.26. The number of hydrogen-bond donors (Lipinski definition) is 0. The SMILES string of the molecule is CCn1nccc1CN(C)C(=O)c1ccc(Cc2c(C)noc2C)o1. The number of amides is 1. The third-order valence-corrected chi connectivity index (χ3v) is 4.25. The Kier molecular flexibility index (Phi) is 4.74. The van der Waals surface area contributed by atoms with Gasteiger partial charge in [0.2, 0.25) is 0 Å². The molecule has 0 spiro atoms. The van der Waals surface area contributed by atoms with Crippen molar-refractivity contribution in [2.45, 2.75) is 40.3 Å². The Hall–Kier alpha value is -2.83. The van der Waals surface area contributed by atoms with E-state index in [0.29, 0.717) is 24.5 Å². The van der Waals surface area contributed by atoms with Crippen molar-refractivity contribution in [1.29, 1.82) is 0 Å². The molecule has 3 rings (SSSR count). The monoisotopic (exact) mass is 342 g/mol. The Balaban J connectivity index is 1.70. The molecule has 3 aromatic rings. The van der Waals surface area contributed by atoms with E-state index in [4.69, 9.17) is 8.94 Å². The first kappa shape index (κ1) is 17.0. The molecule has 3 aromatic heterocycles. The van der Waals surface area contributed by atoms with Gasteiger partial charge >= 0.3 is 0 Å². The van der Waals surface area contributed by atoms with Gasteiger partial charge in [-0.3, -0.25) is 9.48 Å². The summed E-state index contributed by atoms with van der Waals surface area (Å²) in [7, 11) is 1.76. The molecule has 1 amide bonds. The van der Waals surface area contributed by atoms with Gasteiger partial charge in [0.15, 0.2) is 5.76 Å². The van der Waals surface area contributed by atoms with Crippen LogP contribution in [0.5, 0.6) is 0 Å². The molecule has 0 saturated carbocycles. The molecule has 0 saturated heterocycles. The van der Waals surface area contributed by atoms with Crippen LogP contribution in [0.3, 0.4) is 0 Å². The lowest BCUT2D eigenvalue weighted by Crippen LogP contribution is -2.27. The van der Waals surface area contributed by atoms with Crippen molar-refractivity contribution in [3.8, 4) is 0 Å². The van der Waals surface area contributed by atoms with E-state index in [9.17, 15) is 4.79 Å². The van der Waals surface area contributed by atoms with Crippen LogP contribution < -0.4 is 0 Å². The minimum absolute atomic E-state index is 0.158. The highest BCUT2D eigenvalue weighted by atomic mass is 16.5. The smallest absolute Gasteiger partial charge is 0.289 e. The number of nitrogens with zero attached hydrogens (tertiary/aromatic N) is 4. The summed E-state index contributed by atoms with van der Waals surface area (Å²) >= 11 is 0. The highest BCUT2D eigenvalue weighted by molar-refractivity contribution is 5.91. The number of furan rings is 1. The number of carbonyl (C=O) groups excluding carboxylic acids is 1. The number of rotatable bonds is 6. The summed E-state index contributed by atoms with van der Waals surface area (Å²) in [6.07, 6.45) is 2.30. The van der Waals surface area contributed by atoms with Crippen LogP contribution in [0.4, 0.5) is 0 Å². The van der Waals surface area contributed by atoms with Crippen LogP contribution in [-0.2, 0) is 19.5 Å². The molecule has 0 radical (unpaired) electrons. The average molecular weight is 342 g/mol. The van der Waals surface area contributed by atoms with Crippen molar-refractivity contribution in [2.24, 2.45) is 0 Å². The predicted octanol–water partition coefficient (Wildman–Crippen LogP) is 2.96. The van der Waals surface area contributed by atoms with E-state index in [2.05, 4.69) is 10.3 Å². The molecule has 0 aliphatic carbocycles. The zero-order chi connectivity index (χ0) is 18.0. The Morgan fingerprint density at radius 1 is 1.28 bits per heavy atom. The third-order valence-electron chi connectivity index (χ3n) is 4.25. The molecule has 7 heteroatoms. The standard InChI is InChI=1S/C18H22N4O3/c1-5-22-14(8-9-19-22)11-21(4)18(23)17-7-6-15(24-17)10-16-12(2)20-25-13(16)3/h6-9H,5,10-11H2,1-4H3. The van der Waals surface area contributed by atoms with E-state index in [0.717, 1.165) is 29.3 Å². The van der Waals surface area contributed by atoms with Gasteiger partial charge in [-0.05, 0) is 39.0 Å². The van der Waals surface area contributed by atoms with Gasteiger partial charge in [-0.2, -0.15) is 5.10 Å². The predicted molar refractivity (Wildman–Crippen MR) is 91.2 cm³/mol. The van der Waals surface area contributed by atoms with Crippen molar-refractivity contribution in [3.05, 3.63) is 58.6 Å². The maximum Gasteiger partial charge on any atom is 0.289 e. The maximum absolute atomic E-state index is 12.6. The summed E-state index contributed by atoms with van der Waals surface area (Å²) in [5.74, 6) is 1.65. The van der Waals surface area contributed by atoms with Crippen molar-refractivity contribution in [3.63, 3.8) is 0 Å². The van der Waals surface area contributed by atoms with Crippen LogP contribution in [0, 0.1) is 13.8 Å². The van der Waals surface area contributed by atoms with Gasteiger partial charge in [-0.1, -0.05) is 5.16 Å². The zero-order valence-corrected chi connectivity index (χ0v) is 14.9. The first-order valence-corrected chi connectivity index (χ1v) is 8.26. The second-order valence-corrected chi connectivity index (χ2v) is 6.04. The lowest BCUT2D eigenvalue weighted by Gasteiger charge is -2.16. The lowest BCUT2D eigenvalue weighted by atomic mass is 10.1. The van der Waals surface area contributed by atoms with Crippen LogP contribution in [-0.4, -0.2) is 32.8 Å². The van der Waals surface area contributed by atoms with Gasteiger partial charge in [0, 0.05) is 31.8 Å². The Bertz CT molecular complexity index is 855. The van der Waals surface area contributed by atoms with E-state index in [-0.39, 0.29) is 5.91 Å². The molecule has 0 bridgehead atoms. The minimum atomic E-state index is -0.158. The van der Waals surface area contributed by atoms with E-state index < -0.39 is 0 Å². The van der Waals surface area contributed by atoms with E-state index in [1.165, 1.54) is 0 Å². The number of aromatic nitrogens is 3. The molecule has 7 nitrogen and oxygen atoms in total. The molecule has 0 atom stereocenters. The first-order chi connectivity index (χ1) is 12.0. The summed E-state index contributed by atoms with van der Waals surface area (Å²) in [4.78, 5) is 14.2. The summed E-state index contributed by atoms with van der Waals surface area (Å²) in [6.45, 7) is 7.03. The molecule has 0 aromatic carbocycles. The van der Waals surface area contributed by atoms with Gasteiger partial charge < -0.3 is 13.8 Å².